The summed E-state index contributed by atoms with van der Waals surface area (Å²) in [5, 5.41) is 8.95. The third kappa shape index (κ3) is 3.52. The maximum atomic E-state index is 10.9. The molecule has 0 bridgehead atoms. The molecule has 0 aliphatic rings. The lowest BCUT2D eigenvalue weighted by Gasteiger charge is -2.05. The first-order valence-electron chi connectivity index (χ1n) is 5.45. The van der Waals surface area contributed by atoms with E-state index in [-0.39, 0.29) is 5.56 Å². The van der Waals surface area contributed by atoms with E-state index >= 15 is 0 Å². The van der Waals surface area contributed by atoms with Crippen molar-refractivity contribution in [2.24, 2.45) is 0 Å². The van der Waals surface area contributed by atoms with Gasteiger partial charge in [0, 0.05) is 14.3 Å². The summed E-state index contributed by atoms with van der Waals surface area (Å²) < 4.78 is 5.68. The SMILES string of the molecule is COc1ccc(Sc2ccc(C(=O)O)c(Br)c2)cc1. The van der Waals surface area contributed by atoms with Crippen molar-refractivity contribution in [3.8, 4) is 5.75 Å². The lowest BCUT2D eigenvalue weighted by molar-refractivity contribution is 0.0696. The van der Waals surface area contributed by atoms with Crippen molar-refractivity contribution in [3.63, 3.8) is 0 Å². The molecule has 0 fully saturated rings. The summed E-state index contributed by atoms with van der Waals surface area (Å²) in [5.74, 6) is -0.125. The van der Waals surface area contributed by atoms with Gasteiger partial charge in [-0.25, -0.2) is 4.79 Å². The number of aromatic carboxylic acids is 1. The number of carbonyl (C=O) groups is 1. The first-order chi connectivity index (χ1) is 9.10. The lowest BCUT2D eigenvalue weighted by Crippen LogP contribution is -1.96. The number of carboxylic acid groups (broad SMARTS) is 1. The summed E-state index contributed by atoms with van der Waals surface area (Å²) in [6.45, 7) is 0. The highest BCUT2D eigenvalue weighted by Gasteiger charge is 2.09. The van der Waals surface area contributed by atoms with E-state index < -0.39 is 5.97 Å². The number of hydrogen-bond acceptors (Lipinski definition) is 3. The number of hydrogen-bond donors (Lipinski definition) is 1. The number of benzene rings is 2. The standard InChI is InChI=1S/C14H11BrO3S/c1-18-9-2-4-10(5-3-9)19-11-6-7-12(14(16)17)13(15)8-11/h2-8H,1H3,(H,16,17). The van der Waals surface area contributed by atoms with Crippen molar-refractivity contribution in [1.29, 1.82) is 0 Å². The smallest absolute Gasteiger partial charge is 0.336 e. The number of methoxy groups -OCH3 is 1. The van der Waals surface area contributed by atoms with Crippen LogP contribution in [0.2, 0.25) is 0 Å². The number of ether oxygens (including phenoxy) is 1. The van der Waals surface area contributed by atoms with Gasteiger partial charge in [0.15, 0.2) is 0 Å². The second-order valence-electron chi connectivity index (χ2n) is 3.72. The highest BCUT2D eigenvalue weighted by atomic mass is 79.9. The van der Waals surface area contributed by atoms with Gasteiger partial charge in [0.05, 0.1) is 12.7 Å². The average Bonchev–Trinajstić information content (AvgIpc) is 2.39. The van der Waals surface area contributed by atoms with Gasteiger partial charge in [-0.2, -0.15) is 0 Å². The van der Waals surface area contributed by atoms with Crippen LogP contribution in [0.3, 0.4) is 0 Å². The summed E-state index contributed by atoms with van der Waals surface area (Å²) in [6.07, 6.45) is 0. The molecule has 3 nitrogen and oxygen atoms in total. The molecule has 98 valence electrons. The van der Waals surface area contributed by atoms with Crippen molar-refractivity contribution < 1.29 is 14.6 Å². The van der Waals surface area contributed by atoms with E-state index in [0.717, 1.165) is 15.5 Å². The Bertz CT molecular complexity index is 596. The van der Waals surface area contributed by atoms with Crippen LogP contribution in [0.5, 0.6) is 5.75 Å². The molecule has 0 aliphatic carbocycles. The van der Waals surface area contributed by atoms with Gasteiger partial charge in [-0.05, 0) is 58.4 Å². The minimum atomic E-state index is -0.937. The second-order valence-corrected chi connectivity index (χ2v) is 5.73. The summed E-state index contributed by atoms with van der Waals surface area (Å²) in [7, 11) is 1.63. The van der Waals surface area contributed by atoms with Gasteiger partial charge in [0.2, 0.25) is 0 Å². The fourth-order valence-corrected chi connectivity index (χ4v) is 3.07. The van der Waals surface area contributed by atoms with Crippen LogP contribution in [-0.4, -0.2) is 18.2 Å². The van der Waals surface area contributed by atoms with Crippen LogP contribution in [0, 0.1) is 0 Å². The van der Waals surface area contributed by atoms with Crippen molar-refractivity contribution in [3.05, 3.63) is 52.5 Å². The Morgan fingerprint density at radius 2 is 1.79 bits per heavy atom. The molecule has 0 radical (unpaired) electrons. The zero-order valence-corrected chi connectivity index (χ0v) is 12.5. The highest BCUT2D eigenvalue weighted by Crippen LogP contribution is 2.31. The topological polar surface area (TPSA) is 46.5 Å². The molecule has 2 aromatic rings. The Hall–Kier alpha value is -1.46. The summed E-state index contributed by atoms with van der Waals surface area (Å²) in [4.78, 5) is 13.0. The summed E-state index contributed by atoms with van der Waals surface area (Å²) in [6, 6.07) is 12.9. The van der Waals surface area contributed by atoms with E-state index in [1.54, 1.807) is 37.1 Å². The van der Waals surface area contributed by atoms with E-state index in [0.29, 0.717) is 4.47 Å². The van der Waals surface area contributed by atoms with Crippen LogP contribution < -0.4 is 4.74 Å². The van der Waals surface area contributed by atoms with E-state index in [9.17, 15) is 4.79 Å². The van der Waals surface area contributed by atoms with Gasteiger partial charge in [0.1, 0.15) is 5.75 Å². The van der Waals surface area contributed by atoms with Gasteiger partial charge < -0.3 is 9.84 Å². The summed E-state index contributed by atoms with van der Waals surface area (Å²) >= 11 is 4.83. The molecular formula is C14H11BrO3S. The number of carboxylic acids is 1. The molecular weight excluding hydrogens is 328 g/mol. The fourth-order valence-electron chi connectivity index (χ4n) is 1.51. The molecule has 0 atom stereocenters. The van der Waals surface area contributed by atoms with Crippen LogP contribution in [0.15, 0.2) is 56.7 Å². The number of rotatable bonds is 4. The minimum Gasteiger partial charge on any atom is -0.497 e. The van der Waals surface area contributed by atoms with Crippen molar-refractivity contribution in [2.45, 2.75) is 9.79 Å². The third-order valence-electron chi connectivity index (χ3n) is 2.47. The molecule has 0 aliphatic heterocycles. The molecule has 19 heavy (non-hydrogen) atoms. The monoisotopic (exact) mass is 338 g/mol. The quantitative estimate of drug-likeness (QED) is 0.902. The largest absolute Gasteiger partial charge is 0.497 e. The van der Waals surface area contributed by atoms with Gasteiger partial charge in [-0.3, -0.25) is 0 Å². The molecule has 2 rings (SSSR count). The lowest BCUT2D eigenvalue weighted by atomic mass is 10.2. The molecule has 0 amide bonds. The van der Waals surface area contributed by atoms with Crippen molar-refractivity contribution in [1.82, 2.24) is 0 Å². The molecule has 1 N–H and O–H groups in total. The molecule has 0 spiro atoms. The fraction of sp³-hybridized carbons (Fsp3) is 0.0714. The van der Waals surface area contributed by atoms with Crippen LogP contribution in [0.1, 0.15) is 10.4 Å². The normalized spacial score (nSPS) is 10.2. The van der Waals surface area contributed by atoms with E-state index in [1.807, 2.05) is 24.3 Å². The molecule has 0 aromatic heterocycles. The maximum absolute atomic E-state index is 10.9. The Morgan fingerprint density at radius 3 is 2.32 bits per heavy atom. The van der Waals surface area contributed by atoms with Gasteiger partial charge >= 0.3 is 5.97 Å². The van der Waals surface area contributed by atoms with Gasteiger partial charge in [-0.15, -0.1) is 0 Å². The summed E-state index contributed by atoms with van der Waals surface area (Å²) in [5.41, 5.74) is 0.263. The molecule has 5 heteroatoms. The average molecular weight is 339 g/mol. The van der Waals surface area contributed by atoms with E-state index in [1.165, 1.54) is 0 Å². The highest BCUT2D eigenvalue weighted by molar-refractivity contribution is 9.10. The van der Waals surface area contributed by atoms with Crippen molar-refractivity contribution >= 4 is 33.7 Å². The second kappa shape index (κ2) is 6.12. The van der Waals surface area contributed by atoms with Gasteiger partial charge in [0.25, 0.3) is 0 Å². The van der Waals surface area contributed by atoms with Crippen LogP contribution in [0.25, 0.3) is 0 Å². The molecule has 2 aromatic carbocycles. The first kappa shape index (κ1) is 14.0. The van der Waals surface area contributed by atoms with Crippen molar-refractivity contribution in [2.75, 3.05) is 7.11 Å². The molecule has 0 heterocycles. The Morgan fingerprint density at radius 1 is 1.16 bits per heavy atom. The first-order valence-corrected chi connectivity index (χ1v) is 7.06. The zero-order chi connectivity index (χ0) is 13.8. The Labute approximate surface area is 123 Å². The van der Waals surface area contributed by atoms with Crippen LogP contribution in [0.4, 0.5) is 0 Å². The number of halogens is 1. The molecule has 0 saturated heterocycles. The van der Waals surface area contributed by atoms with Crippen LogP contribution in [-0.2, 0) is 0 Å². The Kier molecular flexibility index (Phi) is 4.50. The third-order valence-corrected chi connectivity index (χ3v) is 4.12. The van der Waals surface area contributed by atoms with Crippen LogP contribution >= 0.6 is 27.7 Å². The minimum absolute atomic E-state index is 0.263. The Balaban J connectivity index is 2.18. The maximum Gasteiger partial charge on any atom is 0.336 e. The zero-order valence-electron chi connectivity index (χ0n) is 10.1. The predicted octanol–water partition coefficient (Wildman–Crippen LogP) is 4.31. The molecule has 0 saturated carbocycles. The van der Waals surface area contributed by atoms with E-state index in [4.69, 9.17) is 9.84 Å². The van der Waals surface area contributed by atoms with E-state index in [2.05, 4.69) is 15.9 Å². The van der Waals surface area contributed by atoms with Gasteiger partial charge in [-0.1, -0.05) is 11.8 Å². The molecule has 0 unspecified atom stereocenters. The predicted molar refractivity (Wildman–Crippen MR) is 78.2 cm³/mol.